The van der Waals surface area contributed by atoms with Crippen LogP contribution in [0.5, 0.6) is 0 Å². The van der Waals surface area contributed by atoms with Gasteiger partial charge >= 0.3 is 0 Å². The maximum absolute atomic E-state index is 12.7. The number of carbonyl (C=O) groups excluding carboxylic acids is 1. The molecule has 5 heteroatoms. The summed E-state index contributed by atoms with van der Waals surface area (Å²) in [6, 6.07) is 20.2. The van der Waals surface area contributed by atoms with Crippen LogP contribution in [0.2, 0.25) is 0 Å². The van der Waals surface area contributed by atoms with Gasteiger partial charge in [-0.1, -0.05) is 72.8 Å². The van der Waals surface area contributed by atoms with Crippen molar-refractivity contribution in [1.82, 2.24) is 19.8 Å². The normalized spacial score (nSPS) is 16.4. The molecule has 1 atom stereocenters. The van der Waals surface area contributed by atoms with E-state index in [4.69, 9.17) is 5.10 Å². The zero-order valence-corrected chi connectivity index (χ0v) is 16.1. The number of benzene rings is 2. The molecule has 0 aliphatic heterocycles. The summed E-state index contributed by atoms with van der Waals surface area (Å²) >= 11 is 0. The van der Waals surface area contributed by atoms with Gasteiger partial charge in [-0.3, -0.25) is 4.79 Å². The molecule has 0 unspecified atom stereocenters. The molecule has 1 aliphatic rings. The monoisotopic (exact) mass is 380 g/mol. The van der Waals surface area contributed by atoms with E-state index in [1.54, 1.807) is 0 Å². The number of carbonyl (C=O) groups is 1. The van der Waals surface area contributed by atoms with E-state index < -0.39 is 0 Å². The van der Waals surface area contributed by atoms with Crippen molar-refractivity contribution in [2.45, 2.75) is 19.8 Å². The molecule has 0 amide bonds. The number of aryl methyl sites for hydroxylation is 1. The van der Waals surface area contributed by atoms with Crippen LogP contribution >= 0.6 is 0 Å². The van der Waals surface area contributed by atoms with Gasteiger partial charge in [0.25, 0.3) is 0 Å². The topological polar surface area (TPSA) is 60.1 Å². The summed E-state index contributed by atoms with van der Waals surface area (Å²) in [5, 5.41) is 13.4. The molecule has 0 saturated carbocycles. The summed E-state index contributed by atoms with van der Waals surface area (Å²) in [5.74, 6) is 0.144. The van der Waals surface area contributed by atoms with E-state index >= 15 is 0 Å². The maximum Gasteiger partial charge on any atom is 0.185 e. The van der Waals surface area contributed by atoms with Crippen molar-refractivity contribution in [3.05, 3.63) is 89.4 Å². The highest BCUT2D eigenvalue weighted by molar-refractivity contribution is 5.97. The molecular weight excluding hydrogens is 360 g/mol. The first kappa shape index (κ1) is 17.5. The molecule has 0 spiro atoms. The molecule has 5 nitrogen and oxygen atoms in total. The van der Waals surface area contributed by atoms with E-state index in [1.165, 1.54) is 0 Å². The number of hydrogen-bond donors (Lipinski definition) is 0. The first-order chi connectivity index (χ1) is 14.2. The van der Waals surface area contributed by atoms with E-state index in [2.05, 4.69) is 34.5 Å². The average molecular weight is 380 g/mol. The largest absolute Gasteiger partial charge is 0.292 e. The minimum absolute atomic E-state index is 0.0257. The molecule has 5 rings (SSSR count). The van der Waals surface area contributed by atoms with Gasteiger partial charge in [0.05, 0.1) is 17.0 Å². The van der Waals surface area contributed by atoms with Gasteiger partial charge in [0, 0.05) is 6.42 Å². The highest BCUT2D eigenvalue weighted by Crippen LogP contribution is 2.31. The van der Waals surface area contributed by atoms with Crippen LogP contribution in [0.15, 0.2) is 66.7 Å². The fourth-order valence-corrected chi connectivity index (χ4v) is 4.00. The Morgan fingerprint density at radius 2 is 1.69 bits per heavy atom. The van der Waals surface area contributed by atoms with Crippen LogP contribution in [0.25, 0.3) is 22.9 Å². The molecule has 1 aliphatic carbocycles. The number of nitrogens with zero attached hydrogens (tertiary/aromatic N) is 4. The summed E-state index contributed by atoms with van der Waals surface area (Å²) in [5.41, 5.74) is 6.03. The highest BCUT2D eigenvalue weighted by Gasteiger charge is 2.29. The lowest BCUT2D eigenvalue weighted by Crippen LogP contribution is -2.24. The van der Waals surface area contributed by atoms with E-state index in [-0.39, 0.29) is 11.7 Å². The minimum Gasteiger partial charge on any atom is -0.292 e. The summed E-state index contributed by atoms with van der Waals surface area (Å²) in [7, 11) is 0. The van der Waals surface area contributed by atoms with Crippen LogP contribution in [0.1, 0.15) is 33.9 Å². The Hall–Kier alpha value is -3.60. The third-order valence-electron chi connectivity index (χ3n) is 5.40. The lowest BCUT2D eigenvalue weighted by molar-refractivity contribution is 0.0950. The fourth-order valence-electron chi connectivity index (χ4n) is 4.00. The molecule has 142 valence electrons. The Labute approximate surface area is 168 Å². The van der Waals surface area contributed by atoms with Gasteiger partial charge in [-0.2, -0.15) is 5.10 Å². The standard InChI is InChI=1S/C24H20N4O/c1-16-22(19-10-6-3-7-11-19)24-26-25-23-20(28(24)27-16)14-18(15-21(23)29)13-12-17-8-4-2-5-9-17/h2-13,18H,14-15H2,1H3/b13-12+/t18-/m0/s1. The number of Topliss-reactive ketones (excluding diaryl/α,β-unsaturated/α-hetero) is 1. The Morgan fingerprint density at radius 3 is 2.45 bits per heavy atom. The number of ketones is 1. The number of hydrogen-bond acceptors (Lipinski definition) is 4. The summed E-state index contributed by atoms with van der Waals surface area (Å²) < 4.78 is 1.82. The van der Waals surface area contributed by atoms with Crippen LogP contribution < -0.4 is 0 Å². The zero-order valence-electron chi connectivity index (χ0n) is 16.1. The zero-order chi connectivity index (χ0) is 19.8. The predicted octanol–water partition coefficient (Wildman–Crippen LogP) is 4.56. The van der Waals surface area contributed by atoms with E-state index in [0.29, 0.717) is 24.2 Å². The lowest BCUT2D eigenvalue weighted by Gasteiger charge is -2.20. The van der Waals surface area contributed by atoms with Crippen molar-refractivity contribution in [3.63, 3.8) is 0 Å². The quantitative estimate of drug-likeness (QED) is 0.523. The van der Waals surface area contributed by atoms with E-state index in [9.17, 15) is 4.79 Å². The number of fused-ring (bicyclic) bond motifs is 3. The Balaban J connectivity index is 1.57. The molecule has 2 aromatic heterocycles. The molecule has 2 aromatic carbocycles. The highest BCUT2D eigenvalue weighted by atomic mass is 16.1. The molecule has 4 aromatic rings. The second kappa shape index (κ2) is 7.09. The Kier molecular flexibility index (Phi) is 4.28. The smallest absolute Gasteiger partial charge is 0.185 e. The van der Waals surface area contributed by atoms with Gasteiger partial charge in [0.15, 0.2) is 17.1 Å². The second-order valence-electron chi connectivity index (χ2n) is 7.42. The first-order valence-corrected chi connectivity index (χ1v) is 9.77. The Morgan fingerprint density at radius 1 is 0.966 bits per heavy atom. The number of rotatable bonds is 3. The third-order valence-corrected chi connectivity index (χ3v) is 5.40. The predicted molar refractivity (Wildman–Crippen MR) is 113 cm³/mol. The molecule has 0 radical (unpaired) electrons. The van der Waals surface area contributed by atoms with Gasteiger partial charge < -0.3 is 0 Å². The number of aromatic nitrogens is 4. The molecule has 29 heavy (non-hydrogen) atoms. The average Bonchev–Trinajstić information content (AvgIpc) is 3.10. The third kappa shape index (κ3) is 3.14. The SMILES string of the molecule is Cc1nn2c3c(nnc2c1-c1ccccc1)C(=O)C[C@@H](/C=C/c1ccccc1)C3. The molecule has 2 heterocycles. The molecule has 0 fully saturated rings. The second-order valence-corrected chi connectivity index (χ2v) is 7.42. The van der Waals surface area contributed by atoms with Crippen molar-refractivity contribution in [3.8, 4) is 11.1 Å². The summed E-state index contributed by atoms with van der Waals surface area (Å²) in [4.78, 5) is 12.7. The minimum atomic E-state index is 0.0257. The van der Waals surface area contributed by atoms with Crippen molar-refractivity contribution >= 4 is 17.5 Å². The Bertz CT molecular complexity index is 1230. The molecular formula is C24H20N4O. The van der Waals surface area contributed by atoms with E-state index in [0.717, 1.165) is 28.1 Å². The van der Waals surface area contributed by atoms with Crippen molar-refractivity contribution in [2.24, 2.45) is 5.92 Å². The lowest BCUT2D eigenvalue weighted by atomic mass is 9.88. The fraction of sp³-hybridized carbons (Fsp3) is 0.167. The van der Waals surface area contributed by atoms with Gasteiger partial charge in [0.2, 0.25) is 0 Å². The van der Waals surface area contributed by atoms with Gasteiger partial charge in [0.1, 0.15) is 0 Å². The molecule has 0 saturated heterocycles. The van der Waals surface area contributed by atoms with Crippen LogP contribution in [0.4, 0.5) is 0 Å². The van der Waals surface area contributed by atoms with Gasteiger partial charge in [-0.15, -0.1) is 10.2 Å². The van der Waals surface area contributed by atoms with Crippen molar-refractivity contribution < 1.29 is 4.79 Å². The van der Waals surface area contributed by atoms with Crippen molar-refractivity contribution in [1.29, 1.82) is 0 Å². The summed E-state index contributed by atoms with van der Waals surface area (Å²) in [6.07, 6.45) is 5.36. The van der Waals surface area contributed by atoms with Crippen LogP contribution in [-0.4, -0.2) is 25.6 Å². The van der Waals surface area contributed by atoms with E-state index in [1.807, 2.05) is 60.0 Å². The number of allylic oxidation sites excluding steroid dienone is 1. The van der Waals surface area contributed by atoms with Crippen molar-refractivity contribution in [2.75, 3.05) is 0 Å². The van der Waals surface area contributed by atoms with Crippen LogP contribution in [0, 0.1) is 12.8 Å². The maximum atomic E-state index is 12.7. The van der Waals surface area contributed by atoms with Gasteiger partial charge in [-0.25, -0.2) is 4.52 Å². The van der Waals surface area contributed by atoms with Gasteiger partial charge in [-0.05, 0) is 30.4 Å². The molecule has 0 bridgehead atoms. The van der Waals surface area contributed by atoms with Crippen LogP contribution in [0.3, 0.4) is 0 Å². The first-order valence-electron chi connectivity index (χ1n) is 9.77. The van der Waals surface area contributed by atoms with Crippen LogP contribution in [-0.2, 0) is 6.42 Å². The summed E-state index contributed by atoms with van der Waals surface area (Å²) in [6.45, 7) is 1.97. The molecule has 0 N–H and O–H groups in total.